The third-order valence-electron chi connectivity index (χ3n) is 2.55. The van der Waals surface area contributed by atoms with Crippen molar-refractivity contribution in [3.8, 4) is 0 Å². The van der Waals surface area contributed by atoms with Gasteiger partial charge in [-0.3, -0.25) is 10.1 Å². The van der Waals surface area contributed by atoms with Crippen LogP contribution >= 0.6 is 23.5 Å². The quantitative estimate of drug-likeness (QED) is 0.661. The van der Waals surface area contributed by atoms with Crippen molar-refractivity contribution in [3.63, 3.8) is 0 Å². The fourth-order valence-corrected chi connectivity index (χ4v) is 3.69. The zero-order chi connectivity index (χ0) is 12.7. The van der Waals surface area contributed by atoms with Gasteiger partial charge >= 0.3 is 0 Å². The molecule has 0 saturated heterocycles. The SMILES string of the molecule is NC1=NN2C(=CSC2c2ccc([N+](=O)[O-])cc2)S1. The average molecular weight is 280 g/mol. The minimum atomic E-state index is -0.406. The Morgan fingerprint density at radius 3 is 2.78 bits per heavy atom. The van der Waals surface area contributed by atoms with Crippen LogP contribution in [0.5, 0.6) is 0 Å². The number of nitrogens with two attached hydrogens (primary N) is 1. The highest BCUT2D eigenvalue weighted by atomic mass is 32.2. The first-order valence-electron chi connectivity index (χ1n) is 5.06. The van der Waals surface area contributed by atoms with Crippen LogP contribution in [-0.2, 0) is 0 Å². The molecule has 0 radical (unpaired) electrons. The van der Waals surface area contributed by atoms with Gasteiger partial charge in [0, 0.05) is 17.5 Å². The molecule has 1 unspecified atom stereocenters. The summed E-state index contributed by atoms with van der Waals surface area (Å²) in [6.45, 7) is 0. The number of nitrogens with zero attached hydrogens (tertiary/aromatic N) is 3. The van der Waals surface area contributed by atoms with Crippen LogP contribution in [0.1, 0.15) is 10.9 Å². The molecule has 1 aromatic carbocycles. The molecular weight excluding hydrogens is 272 g/mol. The summed E-state index contributed by atoms with van der Waals surface area (Å²) in [5.41, 5.74) is 6.72. The maximum absolute atomic E-state index is 10.6. The van der Waals surface area contributed by atoms with Crippen molar-refractivity contribution in [2.75, 3.05) is 0 Å². The lowest BCUT2D eigenvalue weighted by Gasteiger charge is -2.19. The summed E-state index contributed by atoms with van der Waals surface area (Å²) >= 11 is 3.04. The largest absolute Gasteiger partial charge is 0.377 e. The molecule has 0 spiro atoms. The predicted molar refractivity (Wildman–Crippen MR) is 72.6 cm³/mol. The van der Waals surface area contributed by atoms with Crippen molar-refractivity contribution in [2.45, 2.75) is 5.37 Å². The summed E-state index contributed by atoms with van der Waals surface area (Å²) in [4.78, 5) is 10.2. The number of fused-ring (bicyclic) bond motifs is 1. The van der Waals surface area contributed by atoms with Gasteiger partial charge in [-0.1, -0.05) is 11.8 Å². The topological polar surface area (TPSA) is 84.8 Å². The van der Waals surface area contributed by atoms with E-state index in [1.54, 1.807) is 23.9 Å². The van der Waals surface area contributed by atoms with Crippen LogP contribution in [0.15, 0.2) is 39.8 Å². The second kappa shape index (κ2) is 4.21. The Hall–Kier alpha value is -1.67. The zero-order valence-electron chi connectivity index (χ0n) is 9.02. The molecule has 1 aromatic rings. The van der Waals surface area contributed by atoms with E-state index in [0.717, 1.165) is 10.6 Å². The van der Waals surface area contributed by atoms with Crippen LogP contribution < -0.4 is 5.73 Å². The molecule has 1 atom stereocenters. The van der Waals surface area contributed by atoms with E-state index in [1.165, 1.54) is 23.9 Å². The first-order valence-corrected chi connectivity index (χ1v) is 6.82. The highest BCUT2D eigenvalue weighted by Crippen LogP contribution is 2.49. The summed E-state index contributed by atoms with van der Waals surface area (Å²) in [7, 11) is 0. The molecule has 2 N–H and O–H groups in total. The second-order valence-corrected chi connectivity index (χ2v) is 5.67. The monoisotopic (exact) mass is 280 g/mol. The van der Waals surface area contributed by atoms with E-state index >= 15 is 0 Å². The Kier molecular flexibility index (Phi) is 2.67. The molecule has 0 amide bonds. The maximum Gasteiger partial charge on any atom is 0.269 e. The highest BCUT2D eigenvalue weighted by Gasteiger charge is 2.33. The molecule has 92 valence electrons. The van der Waals surface area contributed by atoms with Gasteiger partial charge in [0.05, 0.1) is 4.92 Å². The predicted octanol–water partition coefficient (Wildman–Crippen LogP) is 2.42. The van der Waals surface area contributed by atoms with Crippen LogP contribution in [0, 0.1) is 10.1 Å². The zero-order valence-corrected chi connectivity index (χ0v) is 10.6. The number of nitro groups is 1. The van der Waals surface area contributed by atoms with E-state index in [9.17, 15) is 10.1 Å². The standard InChI is InChI=1S/C10H8N4O2S2/c11-10-12-13-8(18-10)5-17-9(13)6-1-3-7(4-2-6)14(15)16/h1-5,9H,(H2,11,12). The fourth-order valence-electron chi connectivity index (χ4n) is 1.74. The van der Waals surface area contributed by atoms with Crippen molar-refractivity contribution >= 4 is 34.4 Å². The number of hydrogen-bond donors (Lipinski definition) is 1. The molecule has 2 aliphatic heterocycles. The molecule has 0 bridgehead atoms. The van der Waals surface area contributed by atoms with Gasteiger partial charge < -0.3 is 5.73 Å². The molecule has 0 aromatic heterocycles. The highest BCUT2D eigenvalue weighted by molar-refractivity contribution is 8.18. The van der Waals surface area contributed by atoms with E-state index in [2.05, 4.69) is 5.10 Å². The number of benzene rings is 1. The maximum atomic E-state index is 10.6. The lowest BCUT2D eigenvalue weighted by Crippen LogP contribution is -2.13. The summed E-state index contributed by atoms with van der Waals surface area (Å²) in [5.74, 6) is 0. The summed E-state index contributed by atoms with van der Waals surface area (Å²) in [6.07, 6.45) is 0. The fraction of sp³-hybridized carbons (Fsp3) is 0.100. The molecule has 18 heavy (non-hydrogen) atoms. The van der Waals surface area contributed by atoms with E-state index < -0.39 is 4.92 Å². The molecule has 2 aliphatic rings. The van der Waals surface area contributed by atoms with Gasteiger partial charge in [-0.15, -0.1) is 5.10 Å². The summed E-state index contributed by atoms with van der Waals surface area (Å²) < 4.78 is 0. The van der Waals surface area contributed by atoms with E-state index in [-0.39, 0.29) is 11.1 Å². The van der Waals surface area contributed by atoms with Crippen LogP contribution in [0.3, 0.4) is 0 Å². The Bertz CT molecular complexity index is 570. The Morgan fingerprint density at radius 1 is 1.39 bits per heavy atom. The van der Waals surface area contributed by atoms with Gasteiger partial charge in [0.25, 0.3) is 5.69 Å². The molecule has 0 saturated carbocycles. The third-order valence-corrected chi connectivity index (χ3v) is 4.59. The van der Waals surface area contributed by atoms with Gasteiger partial charge in [-0.25, -0.2) is 5.01 Å². The number of hydrazone groups is 1. The van der Waals surface area contributed by atoms with Gasteiger partial charge in [0.15, 0.2) is 5.17 Å². The minimum absolute atomic E-state index is 0.00866. The molecule has 0 fully saturated rings. The smallest absolute Gasteiger partial charge is 0.269 e. The number of hydrogen-bond acceptors (Lipinski definition) is 7. The van der Waals surface area contributed by atoms with Crippen LogP contribution in [0.4, 0.5) is 5.69 Å². The minimum Gasteiger partial charge on any atom is -0.377 e. The lowest BCUT2D eigenvalue weighted by atomic mass is 10.2. The first kappa shape index (κ1) is 11.4. The third kappa shape index (κ3) is 1.83. The molecular formula is C10H8N4O2S2. The molecule has 6 nitrogen and oxygen atoms in total. The molecule has 3 rings (SSSR count). The summed E-state index contributed by atoms with van der Waals surface area (Å²) in [6, 6.07) is 6.51. The molecule has 0 aliphatic carbocycles. The van der Waals surface area contributed by atoms with Crippen molar-refractivity contribution in [3.05, 3.63) is 50.4 Å². The Balaban J connectivity index is 1.86. The number of non-ortho nitro benzene ring substituents is 1. The van der Waals surface area contributed by atoms with Gasteiger partial charge in [-0.05, 0) is 29.5 Å². The van der Waals surface area contributed by atoms with Gasteiger partial charge in [-0.2, -0.15) is 0 Å². The van der Waals surface area contributed by atoms with E-state index in [4.69, 9.17) is 5.73 Å². The molecule has 8 heteroatoms. The van der Waals surface area contributed by atoms with Crippen molar-refractivity contribution < 1.29 is 4.92 Å². The van der Waals surface area contributed by atoms with E-state index in [1.807, 2.05) is 10.4 Å². The van der Waals surface area contributed by atoms with E-state index in [0.29, 0.717) is 5.17 Å². The number of nitro benzene ring substituents is 1. The van der Waals surface area contributed by atoms with Crippen molar-refractivity contribution in [1.29, 1.82) is 0 Å². The number of thioether (sulfide) groups is 2. The first-order chi connectivity index (χ1) is 8.65. The Labute approximate surface area is 111 Å². The normalized spacial score (nSPS) is 21.6. The summed E-state index contributed by atoms with van der Waals surface area (Å²) in [5, 5.41) is 20.2. The van der Waals surface area contributed by atoms with Crippen LogP contribution in [-0.4, -0.2) is 15.1 Å². The van der Waals surface area contributed by atoms with Crippen molar-refractivity contribution in [2.24, 2.45) is 10.8 Å². The van der Waals surface area contributed by atoms with Crippen LogP contribution in [0.2, 0.25) is 0 Å². The number of rotatable bonds is 2. The van der Waals surface area contributed by atoms with Crippen molar-refractivity contribution in [1.82, 2.24) is 5.01 Å². The number of amidine groups is 1. The second-order valence-electron chi connectivity index (χ2n) is 3.68. The van der Waals surface area contributed by atoms with Gasteiger partial charge in [0.1, 0.15) is 10.4 Å². The Morgan fingerprint density at radius 2 is 2.11 bits per heavy atom. The average Bonchev–Trinajstić information content (AvgIpc) is 2.88. The molecule has 2 heterocycles. The van der Waals surface area contributed by atoms with Gasteiger partial charge in [0.2, 0.25) is 0 Å². The van der Waals surface area contributed by atoms with Crippen LogP contribution in [0.25, 0.3) is 0 Å². The lowest BCUT2D eigenvalue weighted by molar-refractivity contribution is -0.384.